The van der Waals surface area contributed by atoms with Crippen molar-refractivity contribution in [3.05, 3.63) is 82.5 Å². The zero-order valence-corrected chi connectivity index (χ0v) is 25.3. The molecule has 6 heteroatoms. The summed E-state index contributed by atoms with van der Waals surface area (Å²) in [6.45, 7) is 8.78. The Morgan fingerprint density at radius 1 is 0.829 bits per heavy atom. The molecule has 0 aliphatic carbocycles. The monoisotopic (exact) mass is 560 g/mol. The van der Waals surface area contributed by atoms with Crippen molar-refractivity contribution >= 4 is 17.0 Å². The van der Waals surface area contributed by atoms with Gasteiger partial charge in [0, 0.05) is 16.5 Å². The van der Waals surface area contributed by atoms with Crippen molar-refractivity contribution in [2.24, 2.45) is 0 Å². The van der Waals surface area contributed by atoms with E-state index in [2.05, 4.69) is 45.9 Å². The minimum atomic E-state index is -0.215. The molecule has 0 saturated carbocycles. The lowest BCUT2D eigenvalue weighted by Gasteiger charge is -2.11. The fraction of sp³-hybridized carbons (Fsp3) is 0.371. The Balaban J connectivity index is 1.73. The van der Waals surface area contributed by atoms with Crippen LogP contribution >= 0.6 is 0 Å². The molecule has 0 aliphatic rings. The number of hydrogen-bond acceptors (Lipinski definition) is 6. The Morgan fingerprint density at radius 2 is 1.54 bits per heavy atom. The van der Waals surface area contributed by atoms with Crippen molar-refractivity contribution in [3.63, 3.8) is 0 Å². The number of aliphatic hydroxyl groups is 2. The number of furan rings is 1. The number of ether oxygens (including phenoxy) is 3. The van der Waals surface area contributed by atoms with Crippen LogP contribution in [-0.2, 0) is 6.61 Å². The molecule has 0 fully saturated rings. The summed E-state index contributed by atoms with van der Waals surface area (Å²) in [6, 6.07) is 9.35. The smallest absolute Gasteiger partial charge is 0.177 e. The summed E-state index contributed by atoms with van der Waals surface area (Å²) in [5, 5.41) is 20.2. The van der Waals surface area contributed by atoms with E-state index >= 15 is 0 Å². The lowest BCUT2D eigenvalue weighted by atomic mass is 10.0. The van der Waals surface area contributed by atoms with Crippen LogP contribution in [0.3, 0.4) is 0 Å². The van der Waals surface area contributed by atoms with Gasteiger partial charge in [0.1, 0.15) is 12.4 Å². The molecule has 0 atom stereocenters. The van der Waals surface area contributed by atoms with Crippen LogP contribution in [0.15, 0.2) is 75.8 Å². The maximum absolute atomic E-state index is 10.3. The van der Waals surface area contributed by atoms with Crippen LogP contribution in [0.2, 0.25) is 0 Å². The first-order valence-corrected chi connectivity index (χ1v) is 14.1. The fourth-order valence-corrected chi connectivity index (χ4v) is 4.61. The number of allylic oxidation sites excluding steroid dienone is 5. The molecule has 3 rings (SSSR count). The number of benzene rings is 2. The summed E-state index contributed by atoms with van der Waals surface area (Å²) in [7, 11) is 3.18. The molecule has 0 aliphatic heterocycles. The van der Waals surface area contributed by atoms with Gasteiger partial charge in [0.15, 0.2) is 22.8 Å². The highest BCUT2D eigenvalue weighted by molar-refractivity contribution is 5.93. The third kappa shape index (κ3) is 8.87. The van der Waals surface area contributed by atoms with Gasteiger partial charge in [-0.05, 0) is 95.3 Å². The predicted octanol–water partition coefficient (Wildman–Crippen LogP) is 8.41. The van der Waals surface area contributed by atoms with Gasteiger partial charge >= 0.3 is 0 Å². The Morgan fingerprint density at radius 3 is 2.20 bits per heavy atom. The average Bonchev–Trinajstić information content (AvgIpc) is 3.34. The summed E-state index contributed by atoms with van der Waals surface area (Å²) in [6.07, 6.45) is 14.4. The zero-order chi connectivity index (χ0) is 29.8. The Bertz CT molecular complexity index is 1420. The number of methoxy groups -OCH3 is 2. The molecule has 1 aromatic heterocycles. The third-order valence-corrected chi connectivity index (χ3v) is 6.89. The minimum absolute atomic E-state index is 0.0679. The fourth-order valence-electron chi connectivity index (χ4n) is 4.61. The molecule has 0 amide bonds. The first-order chi connectivity index (χ1) is 19.8. The quantitative estimate of drug-likeness (QED) is 0.182. The molecule has 0 saturated heterocycles. The zero-order valence-electron chi connectivity index (χ0n) is 25.3. The summed E-state index contributed by atoms with van der Waals surface area (Å²) in [5.74, 6) is 2.29. The van der Waals surface area contributed by atoms with Gasteiger partial charge in [-0.3, -0.25) is 0 Å². The Kier molecular flexibility index (Phi) is 12.3. The van der Waals surface area contributed by atoms with Crippen LogP contribution in [0.4, 0.5) is 0 Å². The molecule has 6 nitrogen and oxygen atoms in total. The van der Waals surface area contributed by atoms with Gasteiger partial charge in [-0.1, -0.05) is 41.0 Å². The van der Waals surface area contributed by atoms with Crippen molar-refractivity contribution < 1.29 is 28.8 Å². The molecular formula is C35H44O6. The first-order valence-electron chi connectivity index (χ1n) is 14.1. The van der Waals surface area contributed by atoms with Crippen molar-refractivity contribution in [1.29, 1.82) is 0 Å². The Labute approximate surface area is 244 Å². The van der Waals surface area contributed by atoms with Gasteiger partial charge < -0.3 is 28.8 Å². The summed E-state index contributed by atoms with van der Waals surface area (Å²) in [5.41, 5.74) is 6.87. The van der Waals surface area contributed by atoms with Crippen LogP contribution in [-0.4, -0.2) is 37.6 Å². The maximum atomic E-state index is 10.3. The van der Waals surface area contributed by atoms with Gasteiger partial charge in [0.2, 0.25) is 0 Å². The average molecular weight is 561 g/mol. The van der Waals surface area contributed by atoms with E-state index in [-0.39, 0.29) is 13.2 Å². The van der Waals surface area contributed by atoms with E-state index in [4.69, 9.17) is 23.7 Å². The van der Waals surface area contributed by atoms with E-state index < -0.39 is 0 Å². The normalized spacial score (nSPS) is 12.3. The van der Waals surface area contributed by atoms with E-state index in [1.807, 2.05) is 30.3 Å². The van der Waals surface area contributed by atoms with E-state index in [1.54, 1.807) is 26.4 Å². The lowest BCUT2D eigenvalue weighted by molar-refractivity contribution is 0.282. The van der Waals surface area contributed by atoms with Gasteiger partial charge in [-0.2, -0.15) is 0 Å². The molecule has 3 aromatic rings. The van der Waals surface area contributed by atoms with Crippen LogP contribution in [0.5, 0.6) is 17.2 Å². The largest absolute Gasteiger partial charge is 0.493 e. The van der Waals surface area contributed by atoms with Crippen LogP contribution in [0.25, 0.3) is 28.4 Å². The third-order valence-electron chi connectivity index (χ3n) is 6.89. The molecule has 0 spiro atoms. The summed E-state index contributed by atoms with van der Waals surface area (Å²) in [4.78, 5) is 0. The highest BCUT2D eigenvalue weighted by Crippen LogP contribution is 2.41. The van der Waals surface area contributed by atoms with Gasteiger partial charge in [-0.15, -0.1) is 0 Å². The van der Waals surface area contributed by atoms with Crippen LogP contribution in [0.1, 0.15) is 64.5 Å². The van der Waals surface area contributed by atoms with Crippen LogP contribution in [0, 0.1) is 0 Å². The lowest BCUT2D eigenvalue weighted by Crippen LogP contribution is -1.98. The maximum Gasteiger partial charge on any atom is 0.177 e. The van der Waals surface area contributed by atoms with Gasteiger partial charge in [0.25, 0.3) is 0 Å². The van der Waals surface area contributed by atoms with E-state index in [1.165, 1.54) is 16.7 Å². The van der Waals surface area contributed by atoms with Crippen molar-refractivity contribution in [2.45, 2.75) is 60.0 Å². The number of hydrogen-bond donors (Lipinski definition) is 2. The molecular weight excluding hydrogens is 516 g/mol. The van der Waals surface area contributed by atoms with E-state index in [0.717, 1.165) is 42.2 Å². The highest BCUT2D eigenvalue weighted by atomic mass is 16.5. The standard InChI is InChI=1S/C35H44O6/c1-24(2)10-7-11-25(3)12-8-13-26(4)17-19-40-31-16-15-28(22-32(31)38-5)34-30(23-37)29-20-27(14-9-18-36)21-33(39-6)35(29)41-34/h9-10,12,14-17,20-22,36-37H,7-8,11,13,18-19,23H2,1-6H3/b14-9+,25-12+,26-17+. The molecule has 0 radical (unpaired) electrons. The van der Waals surface area contributed by atoms with Crippen molar-refractivity contribution in [2.75, 3.05) is 27.4 Å². The predicted molar refractivity (Wildman–Crippen MR) is 168 cm³/mol. The highest BCUT2D eigenvalue weighted by Gasteiger charge is 2.20. The van der Waals surface area contributed by atoms with E-state index in [0.29, 0.717) is 40.8 Å². The Hall–Kier alpha value is -3.74. The minimum Gasteiger partial charge on any atom is -0.493 e. The van der Waals surface area contributed by atoms with Gasteiger partial charge in [-0.25, -0.2) is 0 Å². The molecule has 0 bridgehead atoms. The summed E-state index contributed by atoms with van der Waals surface area (Å²) < 4.78 is 23.5. The van der Waals surface area contributed by atoms with Crippen molar-refractivity contribution in [3.8, 4) is 28.6 Å². The number of fused-ring (bicyclic) bond motifs is 1. The first kappa shape index (κ1) is 31.8. The molecule has 0 unspecified atom stereocenters. The number of rotatable bonds is 15. The molecule has 1 heterocycles. The second-order valence-corrected chi connectivity index (χ2v) is 10.4. The van der Waals surface area contributed by atoms with Crippen molar-refractivity contribution in [1.82, 2.24) is 0 Å². The van der Waals surface area contributed by atoms with Gasteiger partial charge in [0.05, 0.1) is 27.4 Å². The second-order valence-electron chi connectivity index (χ2n) is 10.4. The molecule has 41 heavy (non-hydrogen) atoms. The molecule has 2 aromatic carbocycles. The summed E-state index contributed by atoms with van der Waals surface area (Å²) >= 11 is 0. The SMILES string of the molecule is COc1cc(-c2oc3c(OC)cc(/C=C/CO)cc3c2CO)ccc1OC/C=C(\C)CC/C=C(\C)CCC=C(C)C. The second kappa shape index (κ2) is 15.9. The van der Waals surface area contributed by atoms with Crippen LogP contribution < -0.4 is 14.2 Å². The number of aliphatic hydroxyl groups excluding tert-OH is 2. The van der Waals surface area contributed by atoms with E-state index in [9.17, 15) is 5.11 Å². The topological polar surface area (TPSA) is 81.3 Å². The molecule has 220 valence electrons. The molecule has 2 N–H and O–H groups in total.